The molecule has 0 aliphatic carbocycles. The second-order valence-corrected chi connectivity index (χ2v) is 8.33. The number of alkyl halides is 1. The Bertz CT molecular complexity index is 236. The van der Waals surface area contributed by atoms with E-state index in [-0.39, 0.29) is 0 Å². The van der Waals surface area contributed by atoms with Gasteiger partial charge in [0.2, 0.25) is 0 Å². The van der Waals surface area contributed by atoms with Crippen molar-refractivity contribution in [2.24, 2.45) is 0 Å². The molecule has 0 aliphatic heterocycles. The SMILES string of the molecule is CCCCCCCC(F)C(C)O[Si](CC)(OCC)OCC. The summed E-state index contributed by atoms with van der Waals surface area (Å²) in [6.07, 6.45) is 4.86. The minimum Gasteiger partial charge on any atom is -0.374 e. The standard InChI is InChI=1S/C16H35FO3Si/c1-6-10-11-12-13-14-16(17)15(5)20-21(9-4,18-7-2)19-8-3/h15-16H,6-14H2,1-5H3. The van der Waals surface area contributed by atoms with Gasteiger partial charge in [-0.1, -0.05) is 46.0 Å². The van der Waals surface area contributed by atoms with E-state index in [1.165, 1.54) is 19.3 Å². The van der Waals surface area contributed by atoms with Gasteiger partial charge in [0, 0.05) is 19.3 Å². The van der Waals surface area contributed by atoms with Gasteiger partial charge in [0.15, 0.2) is 0 Å². The van der Waals surface area contributed by atoms with Gasteiger partial charge in [-0.2, -0.15) is 0 Å². The molecule has 3 nitrogen and oxygen atoms in total. The van der Waals surface area contributed by atoms with Crippen LogP contribution in [-0.2, 0) is 13.3 Å². The first-order valence-electron chi connectivity index (χ1n) is 8.64. The zero-order valence-corrected chi connectivity index (χ0v) is 15.6. The Hall–Kier alpha value is 0.0269. The van der Waals surface area contributed by atoms with Crippen LogP contribution in [0.5, 0.6) is 0 Å². The molecule has 0 aromatic carbocycles. The van der Waals surface area contributed by atoms with Gasteiger partial charge in [-0.15, -0.1) is 0 Å². The van der Waals surface area contributed by atoms with E-state index in [4.69, 9.17) is 13.3 Å². The van der Waals surface area contributed by atoms with Gasteiger partial charge in [0.25, 0.3) is 0 Å². The van der Waals surface area contributed by atoms with E-state index < -0.39 is 21.1 Å². The Kier molecular flexibility index (Phi) is 12.6. The molecule has 0 radical (unpaired) electrons. The number of hydrogen-bond donors (Lipinski definition) is 0. The molecule has 0 heterocycles. The van der Waals surface area contributed by atoms with Gasteiger partial charge in [0.1, 0.15) is 6.17 Å². The number of hydrogen-bond acceptors (Lipinski definition) is 3. The molecule has 0 amide bonds. The van der Waals surface area contributed by atoms with E-state index in [0.717, 1.165) is 12.8 Å². The average molecular weight is 323 g/mol. The quantitative estimate of drug-likeness (QED) is 0.328. The van der Waals surface area contributed by atoms with E-state index in [2.05, 4.69) is 6.92 Å². The van der Waals surface area contributed by atoms with Crippen molar-refractivity contribution in [3.8, 4) is 0 Å². The molecular formula is C16H35FO3Si. The molecule has 0 aliphatic rings. The maximum absolute atomic E-state index is 14.2. The first-order valence-corrected chi connectivity index (χ1v) is 10.6. The van der Waals surface area contributed by atoms with Crippen LogP contribution >= 0.6 is 0 Å². The van der Waals surface area contributed by atoms with Crippen LogP contribution in [-0.4, -0.2) is 34.3 Å². The maximum atomic E-state index is 14.2. The summed E-state index contributed by atoms with van der Waals surface area (Å²) < 4.78 is 31.6. The Morgan fingerprint density at radius 1 is 0.905 bits per heavy atom. The molecule has 0 spiro atoms. The van der Waals surface area contributed by atoms with E-state index in [1.807, 2.05) is 20.8 Å². The highest BCUT2D eigenvalue weighted by molar-refractivity contribution is 6.60. The van der Waals surface area contributed by atoms with Gasteiger partial charge in [-0.05, 0) is 27.2 Å². The highest BCUT2D eigenvalue weighted by Crippen LogP contribution is 2.22. The molecule has 0 rings (SSSR count). The highest BCUT2D eigenvalue weighted by Gasteiger charge is 2.41. The summed E-state index contributed by atoms with van der Waals surface area (Å²) in [6, 6.07) is 0.683. The van der Waals surface area contributed by atoms with Gasteiger partial charge < -0.3 is 13.3 Å². The minimum absolute atomic E-state index is 0.458. The van der Waals surface area contributed by atoms with Crippen LogP contribution in [0, 0.1) is 0 Å². The van der Waals surface area contributed by atoms with Gasteiger partial charge in [-0.3, -0.25) is 0 Å². The van der Waals surface area contributed by atoms with Crippen LogP contribution in [0.1, 0.15) is 73.1 Å². The Morgan fingerprint density at radius 2 is 1.48 bits per heavy atom. The molecule has 2 atom stereocenters. The molecule has 0 bridgehead atoms. The Labute approximate surface area is 131 Å². The van der Waals surface area contributed by atoms with E-state index in [0.29, 0.717) is 25.7 Å². The second-order valence-electron chi connectivity index (χ2n) is 5.44. The lowest BCUT2D eigenvalue weighted by Crippen LogP contribution is -2.49. The number of rotatable bonds is 14. The predicted octanol–water partition coefficient (Wildman–Crippen LogP) is 5.12. The summed E-state index contributed by atoms with van der Waals surface area (Å²) in [7, 11) is -2.70. The molecular weight excluding hydrogens is 287 g/mol. The van der Waals surface area contributed by atoms with Crippen molar-refractivity contribution in [1.29, 1.82) is 0 Å². The largest absolute Gasteiger partial charge is 0.500 e. The van der Waals surface area contributed by atoms with Crippen molar-refractivity contribution in [3.05, 3.63) is 0 Å². The lowest BCUT2D eigenvalue weighted by atomic mass is 10.1. The van der Waals surface area contributed by atoms with Crippen LogP contribution in [0.2, 0.25) is 6.04 Å². The van der Waals surface area contributed by atoms with Crippen molar-refractivity contribution in [2.75, 3.05) is 13.2 Å². The third-order valence-corrected chi connectivity index (χ3v) is 6.67. The van der Waals surface area contributed by atoms with Crippen molar-refractivity contribution in [1.82, 2.24) is 0 Å². The average Bonchev–Trinajstić information content (AvgIpc) is 2.47. The molecule has 0 aromatic heterocycles. The molecule has 0 aromatic rings. The van der Waals surface area contributed by atoms with Crippen LogP contribution in [0.15, 0.2) is 0 Å². The normalized spacial score (nSPS) is 15.1. The molecule has 128 valence electrons. The third kappa shape index (κ3) is 8.91. The summed E-state index contributed by atoms with van der Waals surface area (Å²) in [4.78, 5) is 0. The zero-order valence-electron chi connectivity index (χ0n) is 14.6. The van der Waals surface area contributed by atoms with Crippen molar-refractivity contribution in [2.45, 2.75) is 91.5 Å². The van der Waals surface area contributed by atoms with Crippen molar-refractivity contribution < 1.29 is 17.7 Å². The predicted molar refractivity (Wildman–Crippen MR) is 88.3 cm³/mol. The monoisotopic (exact) mass is 322 g/mol. The first kappa shape index (κ1) is 21.0. The summed E-state index contributed by atoms with van der Waals surface area (Å²) in [5, 5.41) is 0. The van der Waals surface area contributed by atoms with Crippen LogP contribution in [0.4, 0.5) is 4.39 Å². The van der Waals surface area contributed by atoms with Gasteiger partial charge in [-0.25, -0.2) is 4.39 Å². The minimum atomic E-state index is -2.70. The fourth-order valence-electron chi connectivity index (χ4n) is 2.37. The molecule has 0 saturated heterocycles. The summed E-state index contributed by atoms with van der Waals surface area (Å²) >= 11 is 0. The zero-order chi connectivity index (χ0) is 16.1. The molecule has 0 saturated carbocycles. The van der Waals surface area contributed by atoms with E-state index in [9.17, 15) is 4.39 Å². The van der Waals surface area contributed by atoms with Crippen LogP contribution < -0.4 is 0 Å². The first-order chi connectivity index (χ1) is 10.0. The smallest absolute Gasteiger partial charge is 0.374 e. The molecule has 5 heteroatoms. The van der Waals surface area contributed by atoms with E-state index in [1.54, 1.807) is 6.92 Å². The highest BCUT2D eigenvalue weighted by atomic mass is 28.4. The topological polar surface area (TPSA) is 27.7 Å². The van der Waals surface area contributed by atoms with Gasteiger partial charge in [0.05, 0.1) is 6.10 Å². The lowest BCUT2D eigenvalue weighted by molar-refractivity contribution is 0.00577. The summed E-state index contributed by atoms with van der Waals surface area (Å²) in [5.41, 5.74) is 0. The summed E-state index contributed by atoms with van der Waals surface area (Å²) in [5.74, 6) is 0. The summed E-state index contributed by atoms with van der Waals surface area (Å²) in [6.45, 7) is 10.9. The van der Waals surface area contributed by atoms with Crippen molar-refractivity contribution >= 4 is 8.80 Å². The molecule has 2 unspecified atom stereocenters. The fourth-order valence-corrected chi connectivity index (χ4v) is 4.76. The Balaban J connectivity index is 4.23. The number of halogens is 1. The van der Waals surface area contributed by atoms with Crippen molar-refractivity contribution in [3.63, 3.8) is 0 Å². The maximum Gasteiger partial charge on any atom is 0.500 e. The Morgan fingerprint density at radius 3 is 1.95 bits per heavy atom. The molecule has 0 N–H and O–H groups in total. The number of unbranched alkanes of at least 4 members (excludes halogenated alkanes) is 4. The van der Waals surface area contributed by atoms with Gasteiger partial charge >= 0.3 is 8.80 Å². The second kappa shape index (κ2) is 12.6. The van der Waals surface area contributed by atoms with Crippen LogP contribution in [0.25, 0.3) is 0 Å². The molecule has 21 heavy (non-hydrogen) atoms. The third-order valence-electron chi connectivity index (χ3n) is 3.62. The van der Waals surface area contributed by atoms with Crippen LogP contribution in [0.3, 0.4) is 0 Å². The van der Waals surface area contributed by atoms with E-state index >= 15 is 0 Å². The molecule has 0 fully saturated rings. The lowest BCUT2D eigenvalue weighted by Gasteiger charge is -2.32. The fraction of sp³-hybridized carbons (Fsp3) is 1.00.